The number of hydrogen-bond acceptors (Lipinski definition) is 7. The Hall–Kier alpha value is -6.31. The number of hydrogen-bond donors (Lipinski definition) is 0. The van der Waals surface area contributed by atoms with Crippen LogP contribution in [0.3, 0.4) is 0 Å². The molecule has 7 heteroatoms. The molecule has 4 rings (SSSR count). The molecule has 0 aromatic heterocycles. The van der Waals surface area contributed by atoms with Crippen LogP contribution in [0.4, 0.5) is 0 Å². The number of benzene rings is 4. The first-order valence-electron chi connectivity index (χ1n) is 14.9. The van der Waals surface area contributed by atoms with Gasteiger partial charge >= 0.3 is 11.9 Å². The van der Waals surface area contributed by atoms with Gasteiger partial charge < -0.3 is 9.47 Å². The molecule has 4 aromatic rings. The number of nitriles is 2. The lowest BCUT2D eigenvalue weighted by Gasteiger charge is -2.07. The molecule has 0 spiro atoms. The monoisotopic (exact) mass is 624 g/mol. The Labute approximate surface area is 276 Å². The van der Waals surface area contributed by atoms with Gasteiger partial charge in [-0.3, -0.25) is 9.59 Å². The lowest BCUT2D eigenvalue weighted by atomic mass is 9.97. The van der Waals surface area contributed by atoms with Crippen molar-refractivity contribution in [3.63, 3.8) is 0 Å². The summed E-state index contributed by atoms with van der Waals surface area (Å²) in [5.41, 5.74) is 6.00. The van der Waals surface area contributed by atoms with Crippen molar-refractivity contribution in [3.05, 3.63) is 167 Å². The van der Waals surface area contributed by atoms with Crippen molar-refractivity contribution in [2.75, 3.05) is 13.2 Å². The molecular weight excluding hydrogens is 588 g/mol. The third kappa shape index (κ3) is 13.5. The van der Waals surface area contributed by atoms with E-state index in [0.717, 1.165) is 39.7 Å². The van der Waals surface area contributed by atoms with Crippen LogP contribution in [0.15, 0.2) is 145 Å². The summed E-state index contributed by atoms with van der Waals surface area (Å²) in [6, 6.07) is 43.0. The van der Waals surface area contributed by atoms with E-state index in [9.17, 15) is 14.4 Å². The van der Waals surface area contributed by atoms with E-state index in [1.54, 1.807) is 32.1 Å². The minimum Gasteiger partial charge on any atom is -0.465 e. The molecule has 0 unspecified atom stereocenters. The molecule has 0 saturated carbocycles. The minimum atomic E-state index is -0.605. The zero-order valence-electron chi connectivity index (χ0n) is 26.4. The number of allylic oxidation sites excluding steroid dienone is 3. The van der Waals surface area contributed by atoms with Crippen molar-refractivity contribution >= 4 is 29.4 Å². The van der Waals surface area contributed by atoms with Gasteiger partial charge in [0.25, 0.3) is 0 Å². The molecule has 0 bridgehead atoms. The molecule has 0 aliphatic heterocycles. The summed E-state index contributed by atoms with van der Waals surface area (Å²) >= 11 is 0. The highest BCUT2D eigenvalue weighted by molar-refractivity contribution is 5.94. The number of esters is 2. The zero-order chi connectivity index (χ0) is 34.1. The summed E-state index contributed by atoms with van der Waals surface area (Å²) in [5.74, 6) is -1.05. The molecule has 0 heterocycles. The average molecular weight is 625 g/mol. The fourth-order valence-electron chi connectivity index (χ4n) is 4.06. The van der Waals surface area contributed by atoms with Crippen LogP contribution in [0.1, 0.15) is 42.5 Å². The highest BCUT2D eigenvalue weighted by Crippen LogP contribution is 2.24. The first kappa shape index (κ1) is 36.9. The van der Waals surface area contributed by atoms with Crippen LogP contribution in [0.2, 0.25) is 0 Å². The van der Waals surface area contributed by atoms with Gasteiger partial charge in [0, 0.05) is 0 Å². The van der Waals surface area contributed by atoms with E-state index >= 15 is 0 Å². The second-order valence-electron chi connectivity index (χ2n) is 9.31. The number of ether oxygens (including phenoxy) is 2. The normalized spacial score (nSPS) is 9.66. The summed E-state index contributed by atoms with van der Waals surface area (Å²) in [5, 5.41) is 17.0. The van der Waals surface area contributed by atoms with Crippen molar-refractivity contribution in [2.45, 2.75) is 20.3 Å². The molecule has 0 radical (unpaired) electrons. The van der Waals surface area contributed by atoms with Crippen LogP contribution < -0.4 is 0 Å². The number of carbonyl (C=O) groups is 3. The highest BCUT2D eigenvalue weighted by Gasteiger charge is 2.09. The predicted octanol–water partition coefficient (Wildman–Crippen LogP) is 7.91. The zero-order valence-corrected chi connectivity index (χ0v) is 26.4. The molecule has 0 aliphatic rings. The van der Waals surface area contributed by atoms with Crippen LogP contribution in [0.25, 0.3) is 11.1 Å². The summed E-state index contributed by atoms with van der Waals surface area (Å²) < 4.78 is 9.30. The number of nitrogens with zero attached hydrogens (tertiary/aromatic N) is 2. The minimum absolute atomic E-state index is 0.0174. The Morgan fingerprint density at radius 3 is 1.30 bits per heavy atom. The van der Waals surface area contributed by atoms with E-state index in [1.807, 2.05) is 127 Å². The van der Waals surface area contributed by atoms with Gasteiger partial charge in [-0.2, -0.15) is 10.5 Å². The molecule has 0 N–H and O–H groups in total. The summed E-state index contributed by atoms with van der Waals surface area (Å²) in [7, 11) is 0. The second kappa shape index (κ2) is 22.2. The van der Waals surface area contributed by atoms with E-state index < -0.39 is 11.9 Å². The van der Waals surface area contributed by atoms with Crippen LogP contribution in [0, 0.1) is 22.7 Å². The van der Waals surface area contributed by atoms with Crippen molar-refractivity contribution in [1.29, 1.82) is 10.5 Å². The van der Waals surface area contributed by atoms with Gasteiger partial charge in [0.05, 0.1) is 19.3 Å². The van der Waals surface area contributed by atoms with Crippen molar-refractivity contribution in [2.24, 2.45) is 0 Å². The number of carbonyl (C=O) groups excluding carboxylic acids is 3. The lowest BCUT2D eigenvalue weighted by Crippen LogP contribution is -2.05. The fraction of sp³-hybridized carbons (Fsp3) is 0.125. The maximum absolute atomic E-state index is 11.7. The largest absolute Gasteiger partial charge is 0.465 e. The van der Waals surface area contributed by atoms with Gasteiger partial charge in [-0.15, -0.1) is 0 Å². The molecule has 0 fully saturated rings. The molecule has 0 amide bonds. The molecule has 0 saturated heterocycles. The van der Waals surface area contributed by atoms with Crippen LogP contribution in [-0.4, -0.2) is 31.4 Å². The number of rotatable bonds is 10. The standard InChI is InChI=1S/C20H17NO2.C15H12O.C5H7NO2/c1-2-23-20(22)18(15-21)13-14-19(16-9-5-3-6-10-16)17-11-7-4-8-12-17;16-12-11-15(13-7-3-1-4-8-13)14-9-5-2-6-10-14;1-2-8-5(7)3-4-6/h3-14H,2H2,1H3;1-12H;2-3H2,1H3/b18-13+;;. The van der Waals surface area contributed by atoms with Crippen molar-refractivity contribution in [1.82, 2.24) is 0 Å². The molecule has 0 atom stereocenters. The van der Waals surface area contributed by atoms with Gasteiger partial charge in [-0.25, -0.2) is 4.79 Å². The van der Waals surface area contributed by atoms with Gasteiger partial charge in [0.1, 0.15) is 24.3 Å². The van der Waals surface area contributed by atoms with Gasteiger partial charge in [0.15, 0.2) is 0 Å². The molecule has 47 heavy (non-hydrogen) atoms. The summed E-state index contributed by atoms with van der Waals surface area (Å²) in [4.78, 5) is 32.6. The second-order valence-corrected chi connectivity index (χ2v) is 9.31. The Bertz CT molecular complexity index is 1630. The summed E-state index contributed by atoms with van der Waals surface area (Å²) in [6.07, 6.45) is 5.57. The third-order valence-corrected chi connectivity index (χ3v) is 6.14. The molecule has 7 nitrogen and oxygen atoms in total. The Kier molecular flexibility index (Phi) is 17.4. The Balaban J connectivity index is 0.000000276. The maximum atomic E-state index is 11.7. The van der Waals surface area contributed by atoms with Crippen molar-refractivity contribution < 1.29 is 23.9 Å². The van der Waals surface area contributed by atoms with Gasteiger partial charge in [-0.1, -0.05) is 127 Å². The topological polar surface area (TPSA) is 117 Å². The van der Waals surface area contributed by atoms with E-state index in [0.29, 0.717) is 6.61 Å². The van der Waals surface area contributed by atoms with E-state index in [4.69, 9.17) is 15.3 Å². The first-order valence-corrected chi connectivity index (χ1v) is 14.9. The van der Waals surface area contributed by atoms with E-state index in [2.05, 4.69) is 4.74 Å². The van der Waals surface area contributed by atoms with Crippen LogP contribution in [-0.2, 0) is 23.9 Å². The predicted molar refractivity (Wildman–Crippen MR) is 183 cm³/mol. The van der Waals surface area contributed by atoms with Crippen LogP contribution >= 0.6 is 0 Å². The van der Waals surface area contributed by atoms with Gasteiger partial charge in [-0.05, 0) is 59.4 Å². The SMILES string of the molecule is CCOC(=O)/C(C#N)=C/C=C(c1ccccc1)c1ccccc1.CCOC(=O)CC#N.O=CC=C(c1ccccc1)c1ccccc1. The molecule has 4 aromatic carbocycles. The van der Waals surface area contributed by atoms with Gasteiger partial charge in [0.2, 0.25) is 0 Å². The van der Waals surface area contributed by atoms with E-state index in [-0.39, 0.29) is 18.6 Å². The first-order chi connectivity index (χ1) is 23.0. The maximum Gasteiger partial charge on any atom is 0.348 e. The summed E-state index contributed by atoms with van der Waals surface area (Å²) in [6.45, 7) is 4.00. The fourth-order valence-corrected chi connectivity index (χ4v) is 4.06. The van der Waals surface area contributed by atoms with E-state index in [1.165, 1.54) is 6.08 Å². The molecule has 0 aliphatic carbocycles. The quantitative estimate of drug-likeness (QED) is 0.0578. The average Bonchev–Trinajstić information content (AvgIpc) is 3.11. The highest BCUT2D eigenvalue weighted by atomic mass is 16.5. The molecule has 236 valence electrons. The Morgan fingerprint density at radius 2 is 0.979 bits per heavy atom. The van der Waals surface area contributed by atoms with Crippen LogP contribution in [0.5, 0.6) is 0 Å². The smallest absolute Gasteiger partial charge is 0.348 e. The third-order valence-electron chi connectivity index (χ3n) is 6.14. The molecular formula is C40H36N2O5. The number of aldehydes is 1. The Morgan fingerprint density at radius 1 is 0.596 bits per heavy atom. The van der Waals surface area contributed by atoms with Crippen molar-refractivity contribution in [3.8, 4) is 12.1 Å². The lowest BCUT2D eigenvalue weighted by molar-refractivity contribution is -0.142.